The van der Waals surface area contributed by atoms with Crippen LogP contribution in [0.15, 0.2) is 41.3 Å². The van der Waals surface area contributed by atoms with Crippen molar-refractivity contribution in [3.63, 3.8) is 0 Å². The number of nitrogens with zero attached hydrogens (tertiary/aromatic N) is 2. The molecule has 2 aromatic rings. The van der Waals surface area contributed by atoms with E-state index < -0.39 is 17.4 Å². The maximum atomic E-state index is 13.4. The number of anilines is 1. The standard InChI is InChI=1S/C18H17FN2O4/c1-3-20-14-8-12(4-6-15(14)25-10-17(20)23)18(24)11(2)21-9-13(19)5-7-16(21)22/h4-9,11H,3,10H2,1-2H3. The van der Waals surface area contributed by atoms with Gasteiger partial charge in [-0.2, -0.15) is 0 Å². The molecule has 130 valence electrons. The van der Waals surface area contributed by atoms with Crippen LogP contribution < -0.4 is 15.2 Å². The third kappa shape index (κ3) is 3.05. The summed E-state index contributed by atoms with van der Waals surface area (Å²) in [6, 6.07) is 6.02. The molecule has 0 saturated heterocycles. The van der Waals surface area contributed by atoms with Crippen LogP contribution in [-0.4, -0.2) is 29.4 Å². The van der Waals surface area contributed by atoms with Gasteiger partial charge in [-0.25, -0.2) is 4.39 Å². The number of Topliss-reactive ketones (excluding diaryl/α,β-unsaturated/α-hetero) is 1. The van der Waals surface area contributed by atoms with E-state index >= 15 is 0 Å². The van der Waals surface area contributed by atoms with Gasteiger partial charge >= 0.3 is 0 Å². The molecule has 7 heteroatoms. The van der Waals surface area contributed by atoms with E-state index in [2.05, 4.69) is 0 Å². The number of likely N-dealkylation sites (N-methyl/N-ethyl adjacent to an activating group) is 1. The lowest BCUT2D eigenvalue weighted by molar-refractivity contribution is -0.121. The summed E-state index contributed by atoms with van der Waals surface area (Å²) >= 11 is 0. The van der Waals surface area contributed by atoms with Crippen LogP contribution in [0.4, 0.5) is 10.1 Å². The molecule has 0 bridgehead atoms. The molecule has 1 aromatic heterocycles. The van der Waals surface area contributed by atoms with Crippen molar-refractivity contribution in [3.05, 3.63) is 58.3 Å². The van der Waals surface area contributed by atoms with Crippen LogP contribution in [-0.2, 0) is 4.79 Å². The van der Waals surface area contributed by atoms with Crippen LogP contribution >= 0.6 is 0 Å². The Kier molecular flexibility index (Phi) is 4.39. The van der Waals surface area contributed by atoms with E-state index in [9.17, 15) is 18.8 Å². The van der Waals surface area contributed by atoms with Gasteiger partial charge in [-0.3, -0.25) is 14.4 Å². The summed E-state index contributed by atoms with van der Waals surface area (Å²) in [6.45, 7) is 3.77. The second-order valence-corrected chi connectivity index (χ2v) is 5.74. The Morgan fingerprint density at radius 1 is 1.28 bits per heavy atom. The number of halogens is 1. The van der Waals surface area contributed by atoms with E-state index in [0.29, 0.717) is 23.5 Å². The van der Waals surface area contributed by atoms with E-state index in [4.69, 9.17) is 4.74 Å². The van der Waals surface area contributed by atoms with Crippen molar-refractivity contribution in [2.45, 2.75) is 19.9 Å². The lowest BCUT2D eigenvalue weighted by atomic mass is 10.0. The molecular weight excluding hydrogens is 327 g/mol. The molecule has 2 heterocycles. The normalized spacial score (nSPS) is 14.7. The Morgan fingerprint density at radius 3 is 2.76 bits per heavy atom. The van der Waals surface area contributed by atoms with E-state index in [1.165, 1.54) is 11.8 Å². The first-order chi connectivity index (χ1) is 11.9. The number of benzene rings is 1. The zero-order chi connectivity index (χ0) is 18.1. The second kappa shape index (κ2) is 6.51. The van der Waals surface area contributed by atoms with Gasteiger partial charge in [0.1, 0.15) is 11.6 Å². The van der Waals surface area contributed by atoms with Gasteiger partial charge in [0.05, 0.1) is 11.7 Å². The molecule has 1 aromatic carbocycles. The molecule has 1 atom stereocenters. The number of aromatic nitrogens is 1. The van der Waals surface area contributed by atoms with Crippen LogP contribution in [0.25, 0.3) is 0 Å². The molecule has 0 aliphatic carbocycles. The zero-order valence-electron chi connectivity index (χ0n) is 13.9. The molecule has 25 heavy (non-hydrogen) atoms. The van der Waals surface area contributed by atoms with Crippen molar-refractivity contribution in [3.8, 4) is 5.75 Å². The third-order valence-electron chi connectivity index (χ3n) is 4.20. The molecule has 3 rings (SSSR count). The monoisotopic (exact) mass is 344 g/mol. The number of ketones is 1. The fraction of sp³-hybridized carbons (Fsp3) is 0.278. The smallest absolute Gasteiger partial charge is 0.265 e. The van der Waals surface area contributed by atoms with Crippen molar-refractivity contribution < 1.29 is 18.7 Å². The van der Waals surface area contributed by atoms with Gasteiger partial charge in [0, 0.05) is 24.4 Å². The first-order valence-electron chi connectivity index (χ1n) is 7.91. The van der Waals surface area contributed by atoms with Crippen molar-refractivity contribution in [2.24, 2.45) is 0 Å². The lowest BCUT2D eigenvalue weighted by Crippen LogP contribution is -2.38. The molecular formula is C18H17FN2O4. The van der Waals surface area contributed by atoms with Gasteiger partial charge in [0.15, 0.2) is 12.4 Å². The number of hydrogen-bond donors (Lipinski definition) is 0. The molecule has 6 nitrogen and oxygen atoms in total. The number of fused-ring (bicyclic) bond motifs is 1. The third-order valence-corrected chi connectivity index (χ3v) is 4.20. The molecule has 0 N–H and O–H groups in total. The molecule has 1 aliphatic heterocycles. The summed E-state index contributed by atoms with van der Waals surface area (Å²) in [5.41, 5.74) is 0.372. The number of amides is 1. The molecule has 0 spiro atoms. The van der Waals surface area contributed by atoms with Gasteiger partial charge < -0.3 is 14.2 Å². The van der Waals surface area contributed by atoms with Gasteiger partial charge in [0.2, 0.25) is 0 Å². The summed E-state index contributed by atoms with van der Waals surface area (Å²) < 4.78 is 19.8. The van der Waals surface area contributed by atoms with Crippen LogP contribution in [0.2, 0.25) is 0 Å². The number of rotatable bonds is 4. The predicted octanol–water partition coefficient (Wildman–Crippen LogP) is 2.18. The molecule has 1 aliphatic rings. The molecule has 1 amide bonds. The highest BCUT2D eigenvalue weighted by molar-refractivity contribution is 6.03. The SMILES string of the molecule is CCN1C(=O)COc2ccc(C(=O)C(C)n3cc(F)ccc3=O)cc21. The van der Waals surface area contributed by atoms with Gasteiger partial charge in [-0.15, -0.1) is 0 Å². The minimum Gasteiger partial charge on any atom is -0.482 e. The highest BCUT2D eigenvalue weighted by Gasteiger charge is 2.26. The summed E-state index contributed by atoms with van der Waals surface area (Å²) in [4.78, 5) is 38.1. The Bertz CT molecular complexity index is 906. The fourth-order valence-corrected chi connectivity index (χ4v) is 2.85. The summed E-state index contributed by atoms with van der Waals surface area (Å²) in [6.07, 6.45) is 1.01. The number of pyridine rings is 1. The fourth-order valence-electron chi connectivity index (χ4n) is 2.85. The summed E-state index contributed by atoms with van der Waals surface area (Å²) in [5.74, 6) is -0.618. The van der Waals surface area contributed by atoms with Crippen molar-refractivity contribution in [2.75, 3.05) is 18.1 Å². The number of carbonyl (C=O) groups is 2. The van der Waals surface area contributed by atoms with Crippen molar-refractivity contribution in [1.29, 1.82) is 0 Å². The minimum atomic E-state index is -0.878. The number of carbonyl (C=O) groups excluding carboxylic acids is 2. The summed E-state index contributed by atoms with van der Waals surface area (Å²) in [7, 11) is 0. The minimum absolute atomic E-state index is 0.0385. The van der Waals surface area contributed by atoms with E-state index in [-0.39, 0.29) is 18.3 Å². The maximum Gasteiger partial charge on any atom is 0.265 e. The Balaban J connectivity index is 1.98. The number of hydrogen-bond acceptors (Lipinski definition) is 4. The molecule has 0 radical (unpaired) electrons. The van der Waals surface area contributed by atoms with Gasteiger partial charge in [0.25, 0.3) is 11.5 Å². The highest BCUT2D eigenvalue weighted by atomic mass is 19.1. The first-order valence-corrected chi connectivity index (χ1v) is 7.91. The Morgan fingerprint density at radius 2 is 2.04 bits per heavy atom. The predicted molar refractivity (Wildman–Crippen MR) is 89.7 cm³/mol. The van der Waals surface area contributed by atoms with Crippen LogP contribution in [0, 0.1) is 5.82 Å². The Hall–Kier alpha value is -2.96. The van der Waals surface area contributed by atoms with Crippen LogP contribution in [0.3, 0.4) is 0 Å². The van der Waals surface area contributed by atoms with Crippen molar-refractivity contribution in [1.82, 2.24) is 4.57 Å². The molecule has 1 unspecified atom stereocenters. The molecule has 0 saturated carbocycles. The highest BCUT2D eigenvalue weighted by Crippen LogP contribution is 2.33. The van der Waals surface area contributed by atoms with Crippen LogP contribution in [0.5, 0.6) is 5.75 Å². The van der Waals surface area contributed by atoms with E-state index in [1.54, 1.807) is 18.2 Å². The second-order valence-electron chi connectivity index (χ2n) is 5.74. The quantitative estimate of drug-likeness (QED) is 0.797. The van der Waals surface area contributed by atoms with Gasteiger partial charge in [-0.1, -0.05) is 0 Å². The van der Waals surface area contributed by atoms with Crippen molar-refractivity contribution >= 4 is 17.4 Å². The van der Waals surface area contributed by atoms with Crippen LogP contribution in [0.1, 0.15) is 30.2 Å². The first kappa shape index (κ1) is 16.9. The molecule has 0 fully saturated rings. The maximum absolute atomic E-state index is 13.4. The van der Waals surface area contributed by atoms with Gasteiger partial charge in [-0.05, 0) is 38.1 Å². The average Bonchev–Trinajstić information content (AvgIpc) is 2.62. The largest absolute Gasteiger partial charge is 0.482 e. The van der Waals surface area contributed by atoms with E-state index in [0.717, 1.165) is 22.9 Å². The number of ether oxygens (including phenoxy) is 1. The summed E-state index contributed by atoms with van der Waals surface area (Å²) in [5, 5.41) is 0. The lowest BCUT2D eigenvalue weighted by Gasteiger charge is -2.28. The zero-order valence-corrected chi connectivity index (χ0v) is 13.9. The Labute approximate surface area is 143 Å². The van der Waals surface area contributed by atoms with E-state index in [1.807, 2.05) is 6.92 Å². The average molecular weight is 344 g/mol. The topological polar surface area (TPSA) is 68.6 Å².